The summed E-state index contributed by atoms with van der Waals surface area (Å²) in [6.45, 7) is 0. The molecule has 0 aliphatic carbocycles. The van der Waals surface area contributed by atoms with Crippen LogP contribution >= 0.6 is 0 Å². The monoisotopic (exact) mass is 302 g/mol. The summed E-state index contributed by atoms with van der Waals surface area (Å²) in [5.74, 6) is -0.954. The SMILES string of the molecule is FC(F)c1nc(C(F)(F)F)cn1-c1ccc2[nH]ncc2c1. The number of hydrogen-bond donors (Lipinski definition) is 1. The van der Waals surface area contributed by atoms with Gasteiger partial charge < -0.3 is 0 Å². The number of fused-ring (bicyclic) bond motifs is 1. The van der Waals surface area contributed by atoms with E-state index in [0.717, 1.165) is 4.57 Å². The number of aromatic amines is 1. The number of nitrogens with one attached hydrogen (secondary N) is 1. The Kier molecular flexibility index (Phi) is 2.92. The fourth-order valence-corrected chi connectivity index (χ4v) is 1.97. The largest absolute Gasteiger partial charge is 0.434 e. The van der Waals surface area contributed by atoms with Crippen molar-refractivity contribution in [2.45, 2.75) is 12.6 Å². The fraction of sp³-hybridized carbons (Fsp3) is 0.167. The summed E-state index contributed by atoms with van der Waals surface area (Å²) in [5.41, 5.74) is -0.555. The van der Waals surface area contributed by atoms with Crippen LogP contribution in [0.1, 0.15) is 17.9 Å². The van der Waals surface area contributed by atoms with E-state index in [9.17, 15) is 22.0 Å². The van der Waals surface area contributed by atoms with Crippen LogP contribution in [0.25, 0.3) is 16.6 Å². The number of H-pyrrole nitrogens is 1. The van der Waals surface area contributed by atoms with E-state index in [1.807, 2.05) is 0 Å². The van der Waals surface area contributed by atoms with E-state index >= 15 is 0 Å². The highest BCUT2D eigenvalue weighted by Crippen LogP contribution is 2.32. The Morgan fingerprint density at radius 3 is 2.62 bits per heavy atom. The molecule has 0 saturated heterocycles. The first kappa shape index (κ1) is 13.5. The van der Waals surface area contributed by atoms with Gasteiger partial charge in [-0.05, 0) is 18.2 Å². The summed E-state index contributed by atoms with van der Waals surface area (Å²) in [4.78, 5) is 2.99. The maximum absolute atomic E-state index is 12.9. The Labute approximate surface area is 114 Å². The van der Waals surface area contributed by atoms with Gasteiger partial charge in [0.25, 0.3) is 6.43 Å². The molecular formula is C12H7F5N4. The number of benzene rings is 1. The van der Waals surface area contributed by atoms with Gasteiger partial charge in [-0.2, -0.15) is 18.3 Å². The van der Waals surface area contributed by atoms with Crippen LogP contribution in [-0.4, -0.2) is 19.7 Å². The molecule has 0 bridgehead atoms. The van der Waals surface area contributed by atoms with Crippen LogP contribution in [0.2, 0.25) is 0 Å². The van der Waals surface area contributed by atoms with Crippen molar-refractivity contribution in [3.05, 3.63) is 42.1 Å². The molecule has 0 radical (unpaired) electrons. The van der Waals surface area contributed by atoms with E-state index in [1.54, 1.807) is 6.07 Å². The maximum atomic E-state index is 12.9. The first-order chi connectivity index (χ1) is 9.86. The molecule has 1 aromatic carbocycles. The molecule has 0 aliphatic heterocycles. The third-order valence-corrected chi connectivity index (χ3v) is 2.92. The molecule has 0 amide bonds. The fourth-order valence-electron chi connectivity index (χ4n) is 1.97. The summed E-state index contributed by atoms with van der Waals surface area (Å²) in [5, 5.41) is 7.01. The molecule has 1 N–H and O–H groups in total. The van der Waals surface area contributed by atoms with Gasteiger partial charge in [-0.1, -0.05) is 0 Å². The number of nitrogens with zero attached hydrogens (tertiary/aromatic N) is 3. The zero-order chi connectivity index (χ0) is 15.2. The predicted molar refractivity (Wildman–Crippen MR) is 63.2 cm³/mol. The van der Waals surface area contributed by atoms with Crippen LogP contribution in [-0.2, 0) is 6.18 Å². The molecule has 0 fully saturated rings. The predicted octanol–water partition coefficient (Wildman–Crippen LogP) is 3.71. The maximum Gasteiger partial charge on any atom is 0.434 e. The second-order valence-electron chi connectivity index (χ2n) is 4.29. The number of aromatic nitrogens is 4. The second-order valence-corrected chi connectivity index (χ2v) is 4.29. The van der Waals surface area contributed by atoms with Crippen LogP contribution < -0.4 is 0 Å². The molecule has 3 aromatic rings. The average molecular weight is 302 g/mol. The van der Waals surface area contributed by atoms with Gasteiger partial charge in [0.1, 0.15) is 0 Å². The Bertz CT molecular complexity index is 786. The van der Waals surface area contributed by atoms with E-state index in [0.29, 0.717) is 17.1 Å². The molecule has 0 atom stereocenters. The summed E-state index contributed by atoms with van der Waals surface area (Å²) >= 11 is 0. The molecule has 21 heavy (non-hydrogen) atoms. The highest BCUT2D eigenvalue weighted by Gasteiger charge is 2.36. The van der Waals surface area contributed by atoms with Gasteiger partial charge in [-0.25, -0.2) is 13.8 Å². The summed E-state index contributed by atoms with van der Waals surface area (Å²) < 4.78 is 64.4. The van der Waals surface area contributed by atoms with Crippen LogP contribution in [0.4, 0.5) is 22.0 Å². The Morgan fingerprint density at radius 1 is 1.19 bits per heavy atom. The molecule has 2 aromatic heterocycles. The van der Waals surface area contributed by atoms with Crippen LogP contribution in [0, 0.1) is 0 Å². The Hall–Kier alpha value is -2.45. The Balaban J connectivity index is 2.17. The van der Waals surface area contributed by atoms with Crippen molar-refractivity contribution < 1.29 is 22.0 Å². The van der Waals surface area contributed by atoms with Crippen molar-refractivity contribution in [1.82, 2.24) is 19.7 Å². The van der Waals surface area contributed by atoms with Crippen LogP contribution in [0.5, 0.6) is 0 Å². The number of hydrogen-bond acceptors (Lipinski definition) is 2. The van der Waals surface area contributed by atoms with Gasteiger partial charge in [0.05, 0.1) is 11.7 Å². The lowest BCUT2D eigenvalue weighted by Gasteiger charge is -2.06. The molecule has 110 valence electrons. The minimum atomic E-state index is -4.78. The molecule has 2 heterocycles. The van der Waals surface area contributed by atoms with Gasteiger partial charge in [-0.15, -0.1) is 0 Å². The topological polar surface area (TPSA) is 46.5 Å². The van der Waals surface area contributed by atoms with Crippen molar-refractivity contribution in [2.75, 3.05) is 0 Å². The van der Waals surface area contributed by atoms with Crippen molar-refractivity contribution in [3.63, 3.8) is 0 Å². The van der Waals surface area contributed by atoms with Crippen LogP contribution in [0.15, 0.2) is 30.6 Å². The van der Waals surface area contributed by atoms with Gasteiger partial charge in [0, 0.05) is 17.3 Å². The number of alkyl halides is 5. The summed E-state index contributed by atoms with van der Waals surface area (Å²) in [7, 11) is 0. The molecule has 0 aliphatic rings. The number of imidazole rings is 1. The molecule has 9 heteroatoms. The number of halogens is 5. The van der Waals surface area contributed by atoms with Crippen molar-refractivity contribution >= 4 is 10.9 Å². The standard InChI is InChI=1S/C12H7F5N4/c13-10(14)11-19-9(12(15,16)17)5-21(11)7-1-2-8-6(3-7)4-18-20-8/h1-5,10H,(H,18,20). The minimum absolute atomic E-state index is 0.155. The van der Waals surface area contributed by atoms with E-state index in [-0.39, 0.29) is 5.69 Å². The van der Waals surface area contributed by atoms with Gasteiger partial charge in [0.15, 0.2) is 11.5 Å². The van der Waals surface area contributed by atoms with Gasteiger partial charge in [-0.3, -0.25) is 9.67 Å². The van der Waals surface area contributed by atoms with Crippen molar-refractivity contribution in [2.24, 2.45) is 0 Å². The summed E-state index contributed by atoms with van der Waals surface area (Å²) in [6.07, 6.45) is -5.90. The van der Waals surface area contributed by atoms with E-state index in [2.05, 4.69) is 15.2 Å². The van der Waals surface area contributed by atoms with E-state index in [4.69, 9.17) is 0 Å². The normalized spacial score (nSPS) is 12.5. The van der Waals surface area contributed by atoms with Gasteiger partial charge in [0.2, 0.25) is 0 Å². The first-order valence-corrected chi connectivity index (χ1v) is 5.74. The lowest BCUT2D eigenvalue weighted by atomic mass is 10.2. The average Bonchev–Trinajstić information content (AvgIpc) is 3.03. The third kappa shape index (κ3) is 2.34. The molecule has 0 spiro atoms. The Morgan fingerprint density at radius 2 is 1.95 bits per heavy atom. The molecule has 0 saturated carbocycles. The van der Waals surface area contributed by atoms with Gasteiger partial charge >= 0.3 is 6.18 Å². The van der Waals surface area contributed by atoms with Crippen molar-refractivity contribution in [1.29, 1.82) is 0 Å². The van der Waals surface area contributed by atoms with E-state index in [1.165, 1.54) is 18.3 Å². The highest BCUT2D eigenvalue weighted by atomic mass is 19.4. The first-order valence-electron chi connectivity index (χ1n) is 5.74. The molecule has 4 nitrogen and oxygen atoms in total. The molecule has 0 unspecified atom stereocenters. The molecular weight excluding hydrogens is 295 g/mol. The van der Waals surface area contributed by atoms with E-state index < -0.39 is 24.1 Å². The minimum Gasteiger partial charge on any atom is -0.298 e. The summed E-state index contributed by atoms with van der Waals surface area (Å²) in [6, 6.07) is 4.40. The lowest BCUT2D eigenvalue weighted by molar-refractivity contribution is -0.141. The quantitative estimate of drug-likeness (QED) is 0.734. The van der Waals surface area contributed by atoms with Crippen molar-refractivity contribution in [3.8, 4) is 5.69 Å². The number of rotatable bonds is 2. The lowest BCUT2D eigenvalue weighted by Crippen LogP contribution is -2.05. The highest BCUT2D eigenvalue weighted by molar-refractivity contribution is 5.80. The molecule has 3 rings (SSSR count). The third-order valence-electron chi connectivity index (χ3n) is 2.92. The smallest absolute Gasteiger partial charge is 0.298 e. The zero-order valence-electron chi connectivity index (χ0n) is 10.2. The second kappa shape index (κ2) is 4.54. The zero-order valence-corrected chi connectivity index (χ0v) is 10.2. The van der Waals surface area contributed by atoms with Crippen LogP contribution in [0.3, 0.4) is 0 Å².